The first-order chi connectivity index (χ1) is 17.3. The van der Waals surface area contributed by atoms with E-state index in [2.05, 4.69) is 10.6 Å². The molecule has 0 radical (unpaired) electrons. The number of benzene rings is 3. The first kappa shape index (κ1) is 25.0. The van der Waals surface area contributed by atoms with E-state index in [0.29, 0.717) is 30.0 Å². The van der Waals surface area contributed by atoms with Crippen LogP contribution in [0.2, 0.25) is 0 Å². The van der Waals surface area contributed by atoms with E-state index in [9.17, 15) is 18.4 Å². The highest BCUT2D eigenvalue weighted by molar-refractivity contribution is 5.96. The van der Waals surface area contributed by atoms with Gasteiger partial charge in [-0.3, -0.25) is 4.79 Å². The lowest BCUT2D eigenvalue weighted by atomic mass is 9.88. The summed E-state index contributed by atoms with van der Waals surface area (Å²) in [7, 11) is 3.08. The summed E-state index contributed by atoms with van der Waals surface area (Å²) in [6.45, 7) is 1.87. The van der Waals surface area contributed by atoms with E-state index in [0.717, 1.165) is 11.1 Å². The second kappa shape index (κ2) is 10.6. The Morgan fingerprint density at radius 1 is 1.00 bits per heavy atom. The van der Waals surface area contributed by atoms with Gasteiger partial charge in [-0.2, -0.15) is 0 Å². The van der Waals surface area contributed by atoms with Crippen molar-refractivity contribution in [3.8, 4) is 11.5 Å². The van der Waals surface area contributed by atoms with E-state index in [4.69, 9.17) is 9.47 Å². The average molecular weight is 496 g/mol. The Balaban J connectivity index is 1.62. The van der Waals surface area contributed by atoms with Crippen LogP contribution in [0.4, 0.5) is 19.3 Å². The average Bonchev–Trinajstić information content (AvgIpc) is 2.88. The largest absolute Gasteiger partial charge is 0.493 e. The number of hydrogen-bond donors (Lipinski definition) is 2. The van der Waals surface area contributed by atoms with E-state index in [1.165, 1.54) is 44.4 Å². The zero-order valence-corrected chi connectivity index (χ0v) is 20.2. The quantitative estimate of drug-likeness (QED) is 0.521. The van der Waals surface area contributed by atoms with Crippen LogP contribution in [0.5, 0.6) is 11.5 Å². The molecule has 0 saturated carbocycles. The van der Waals surface area contributed by atoms with E-state index in [1.807, 2.05) is 12.1 Å². The second-order valence-electron chi connectivity index (χ2n) is 8.44. The molecular weight excluding hydrogens is 468 g/mol. The molecule has 0 bridgehead atoms. The molecule has 1 aliphatic rings. The zero-order chi connectivity index (χ0) is 25.8. The molecule has 0 aliphatic carbocycles. The van der Waals surface area contributed by atoms with Gasteiger partial charge in [0.2, 0.25) is 5.91 Å². The van der Waals surface area contributed by atoms with Crippen LogP contribution in [0, 0.1) is 11.6 Å². The van der Waals surface area contributed by atoms with Gasteiger partial charge in [-0.05, 0) is 66.4 Å². The lowest BCUT2D eigenvalue weighted by Gasteiger charge is -2.38. The third-order valence-electron chi connectivity index (χ3n) is 6.19. The van der Waals surface area contributed by atoms with Crippen LogP contribution >= 0.6 is 0 Å². The summed E-state index contributed by atoms with van der Waals surface area (Å²) in [6.07, 6.45) is 0.538. The number of nitrogens with one attached hydrogen (secondary N) is 2. The highest BCUT2D eigenvalue weighted by Gasteiger charge is 2.34. The number of hydrogen-bond acceptors (Lipinski definition) is 4. The molecule has 3 aromatic carbocycles. The van der Waals surface area contributed by atoms with Crippen molar-refractivity contribution < 1.29 is 27.8 Å². The fourth-order valence-corrected chi connectivity index (χ4v) is 4.31. The monoisotopic (exact) mass is 495 g/mol. The molecule has 0 spiro atoms. The van der Waals surface area contributed by atoms with Gasteiger partial charge in [-0.15, -0.1) is 0 Å². The summed E-state index contributed by atoms with van der Waals surface area (Å²) >= 11 is 0. The number of nitrogens with zero attached hydrogens (tertiary/aromatic N) is 1. The van der Waals surface area contributed by atoms with E-state index in [1.54, 1.807) is 30.2 Å². The molecule has 4 rings (SSSR count). The molecule has 0 unspecified atom stereocenters. The van der Waals surface area contributed by atoms with Crippen molar-refractivity contribution in [2.45, 2.75) is 25.4 Å². The van der Waals surface area contributed by atoms with Crippen LogP contribution in [0.15, 0.2) is 60.7 Å². The zero-order valence-electron chi connectivity index (χ0n) is 20.2. The Labute approximate surface area is 208 Å². The predicted molar refractivity (Wildman–Crippen MR) is 131 cm³/mol. The number of amides is 3. The van der Waals surface area contributed by atoms with Gasteiger partial charge < -0.3 is 25.0 Å². The maximum atomic E-state index is 13.9. The predicted octanol–water partition coefficient (Wildman–Crippen LogP) is 4.67. The molecule has 3 aromatic rings. The molecule has 36 heavy (non-hydrogen) atoms. The van der Waals surface area contributed by atoms with Crippen molar-refractivity contribution in [3.05, 3.63) is 89.0 Å². The number of ether oxygens (including phenoxy) is 2. The molecule has 0 aromatic heterocycles. The molecule has 1 aliphatic heterocycles. The summed E-state index contributed by atoms with van der Waals surface area (Å²) in [4.78, 5) is 27.6. The smallest absolute Gasteiger partial charge is 0.318 e. The van der Waals surface area contributed by atoms with Gasteiger partial charge in [0.1, 0.15) is 17.7 Å². The number of methoxy groups -OCH3 is 2. The summed E-state index contributed by atoms with van der Waals surface area (Å²) in [6, 6.07) is 13.4. The molecule has 3 amide bonds. The van der Waals surface area contributed by atoms with Crippen molar-refractivity contribution in [2.75, 3.05) is 26.1 Å². The molecule has 9 heteroatoms. The Kier molecular flexibility index (Phi) is 7.38. The van der Waals surface area contributed by atoms with E-state index in [-0.39, 0.29) is 5.69 Å². The van der Waals surface area contributed by atoms with Crippen LogP contribution in [-0.4, -0.2) is 43.6 Å². The topological polar surface area (TPSA) is 79.9 Å². The van der Waals surface area contributed by atoms with Crippen molar-refractivity contribution in [3.63, 3.8) is 0 Å². The summed E-state index contributed by atoms with van der Waals surface area (Å²) < 4.78 is 38.5. The second-order valence-corrected chi connectivity index (χ2v) is 8.44. The van der Waals surface area contributed by atoms with Gasteiger partial charge in [0.15, 0.2) is 11.5 Å². The lowest BCUT2D eigenvalue weighted by Crippen LogP contribution is -2.51. The van der Waals surface area contributed by atoms with Gasteiger partial charge in [0.05, 0.1) is 25.9 Å². The normalized spacial score (nSPS) is 15.5. The highest BCUT2D eigenvalue weighted by Crippen LogP contribution is 2.41. The molecule has 0 saturated heterocycles. The number of carbonyl (C=O) groups excluding carboxylic acids is 2. The van der Waals surface area contributed by atoms with Crippen LogP contribution < -0.4 is 20.1 Å². The van der Waals surface area contributed by atoms with Crippen LogP contribution in [0.3, 0.4) is 0 Å². The number of urea groups is 1. The Morgan fingerprint density at radius 3 is 2.33 bits per heavy atom. The minimum absolute atomic E-state index is 0.0285. The summed E-state index contributed by atoms with van der Waals surface area (Å²) in [5.74, 6) is -0.446. The first-order valence-electron chi connectivity index (χ1n) is 11.4. The van der Waals surface area contributed by atoms with Crippen LogP contribution in [0.25, 0.3) is 0 Å². The minimum Gasteiger partial charge on any atom is -0.493 e. The fraction of sp³-hybridized carbons (Fsp3) is 0.259. The molecule has 2 N–H and O–H groups in total. The number of carbonyl (C=O) groups is 2. The molecule has 0 fully saturated rings. The summed E-state index contributed by atoms with van der Waals surface area (Å²) in [5.41, 5.74) is 2.50. The first-order valence-corrected chi connectivity index (χ1v) is 11.4. The number of halogens is 2. The van der Waals surface area contributed by atoms with Gasteiger partial charge in [-0.25, -0.2) is 13.6 Å². The minimum atomic E-state index is -0.947. The highest BCUT2D eigenvalue weighted by atomic mass is 19.1. The molecule has 188 valence electrons. The Hall–Kier alpha value is -4.14. The molecule has 7 nitrogen and oxygen atoms in total. The SMILES string of the molecule is COc1cc2c(cc1OC)[C@@H](c1ccc(F)cc1)N(C(=O)N[C@@H](C)C(=O)Nc1ccccc1F)CC2. The van der Waals surface area contributed by atoms with Gasteiger partial charge >= 0.3 is 6.03 Å². The lowest BCUT2D eigenvalue weighted by molar-refractivity contribution is -0.117. The maximum absolute atomic E-state index is 13.9. The standard InChI is InChI=1S/C27H27F2N3O4/c1-16(26(33)31-22-7-5-4-6-21(22)29)30-27(34)32-13-12-18-14-23(35-2)24(36-3)15-20(18)25(32)17-8-10-19(28)11-9-17/h4-11,14-16,25H,12-13H2,1-3H3,(H,30,34)(H,31,33)/t16-,25+/m0/s1. The van der Waals surface area contributed by atoms with Gasteiger partial charge in [0, 0.05) is 6.54 Å². The fourth-order valence-electron chi connectivity index (χ4n) is 4.31. The van der Waals surface area contributed by atoms with Gasteiger partial charge in [-0.1, -0.05) is 24.3 Å². The van der Waals surface area contributed by atoms with Crippen molar-refractivity contribution in [1.29, 1.82) is 0 Å². The molecule has 1 heterocycles. The number of rotatable bonds is 6. The molecular formula is C27H27F2N3O4. The van der Waals surface area contributed by atoms with E-state index < -0.39 is 35.7 Å². The number of para-hydroxylation sites is 1. The van der Waals surface area contributed by atoms with Crippen LogP contribution in [-0.2, 0) is 11.2 Å². The third kappa shape index (κ3) is 5.10. The van der Waals surface area contributed by atoms with Crippen molar-refractivity contribution >= 4 is 17.6 Å². The summed E-state index contributed by atoms with van der Waals surface area (Å²) in [5, 5.41) is 5.20. The van der Waals surface area contributed by atoms with Crippen molar-refractivity contribution in [1.82, 2.24) is 10.2 Å². The molecule has 2 atom stereocenters. The third-order valence-corrected chi connectivity index (χ3v) is 6.19. The van der Waals surface area contributed by atoms with Crippen molar-refractivity contribution in [2.24, 2.45) is 0 Å². The Bertz CT molecular complexity index is 1270. The van der Waals surface area contributed by atoms with Crippen LogP contribution in [0.1, 0.15) is 29.7 Å². The van der Waals surface area contributed by atoms with E-state index >= 15 is 0 Å². The van der Waals surface area contributed by atoms with Gasteiger partial charge in [0.25, 0.3) is 0 Å². The number of anilines is 1. The number of fused-ring (bicyclic) bond motifs is 1. The Morgan fingerprint density at radius 2 is 1.67 bits per heavy atom. The maximum Gasteiger partial charge on any atom is 0.318 e.